The highest BCUT2D eigenvalue weighted by molar-refractivity contribution is 6.30. The second kappa shape index (κ2) is 5.10. The van der Waals surface area contributed by atoms with E-state index in [4.69, 9.17) is 16.7 Å². The van der Waals surface area contributed by atoms with Crippen LogP contribution in [0.2, 0.25) is 5.02 Å². The zero-order valence-electron chi connectivity index (χ0n) is 10.9. The molecule has 1 aromatic rings. The summed E-state index contributed by atoms with van der Waals surface area (Å²) in [6, 6.07) is 4.73. The molecule has 2 atom stereocenters. The maximum atomic E-state index is 13.3. The van der Waals surface area contributed by atoms with Gasteiger partial charge < -0.3 is 10.4 Å². The zero-order chi connectivity index (χ0) is 14.2. The minimum atomic E-state index is -0.793. The molecule has 1 amide bonds. The summed E-state index contributed by atoms with van der Waals surface area (Å²) >= 11 is 5.63. The molecule has 1 saturated carbocycles. The topological polar surface area (TPSA) is 49.3 Å². The van der Waals surface area contributed by atoms with E-state index in [0.29, 0.717) is 0 Å². The summed E-state index contributed by atoms with van der Waals surface area (Å²) in [7, 11) is 0. The van der Waals surface area contributed by atoms with Crippen LogP contribution in [-0.2, 0) is 4.79 Å². The van der Waals surface area contributed by atoms with E-state index in [9.17, 15) is 9.18 Å². The summed E-state index contributed by atoms with van der Waals surface area (Å²) in [5, 5.41) is 12.1. The molecule has 0 unspecified atom stereocenters. The molecule has 0 spiro atoms. The van der Waals surface area contributed by atoms with Crippen molar-refractivity contribution in [2.24, 2.45) is 5.41 Å². The Bertz CT molecular complexity index is 504. The molecule has 0 radical (unpaired) electrons. The Kier molecular flexibility index (Phi) is 3.83. The van der Waals surface area contributed by atoms with Gasteiger partial charge in [-0.1, -0.05) is 17.7 Å². The average Bonchev–Trinajstić information content (AvgIpc) is 3.12. The number of amides is 1. The minimum Gasteiger partial charge on any atom is -0.395 e. The van der Waals surface area contributed by atoms with E-state index in [-0.39, 0.29) is 29.5 Å². The molecule has 5 heteroatoms. The van der Waals surface area contributed by atoms with Gasteiger partial charge in [0.15, 0.2) is 0 Å². The van der Waals surface area contributed by atoms with Crippen LogP contribution in [0.5, 0.6) is 0 Å². The van der Waals surface area contributed by atoms with Crippen molar-refractivity contribution >= 4 is 17.5 Å². The van der Waals surface area contributed by atoms with E-state index in [1.165, 1.54) is 12.1 Å². The molecule has 0 bridgehead atoms. The molecule has 1 aromatic carbocycles. The maximum absolute atomic E-state index is 13.3. The van der Waals surface area contributed by atoms with Crippen LogP contribution in [0.1, 0.15) is 31.7 Å². The van der Waals surface area contributed by atoms with Gasteiger partial charge in [0.05, 0.1) is 17.0 Å². The summed E-state index contributed by atoms with van der Waals surface area (Å²) in [6.07, 6.45) is 0.786. The lowest BCUT2D eigenvalue weighted by atomic mass is 9.94. The highest BCUT2D eigenvalue weighted by Crippen LogP contribution is 2.42. The van der Waals surface area contributed by atoms with E-state index >= 15 is 0 Å². The lowest BCUT2D eigenvalue weighted by Gasteiger charge is -2.20. The van der Waals surface area contributed by atoms with Crippen molar-refractivity contribution < 1.29 is 14.3 Å². The average molecular weight is 286 g/mol. The first kappa shape index (κ1) is 14.3. The van der Waals surface area contributed by atoms with E-state index in [2.05, 4.69) is 5.32 Å². The Morgan fingerprint density at radius 1 is 1.58 bits per heavy atom. The normalized spacial score (nSPS) is 22.2. The molecule has 3 nitrogen and oxygen atoms in total. The summed E-state index contributed by atoms with van der Waals surface area (Å²) in [6.45, 7) is 3.16. The van der Waals surface area contributed by atoms with Gasteiger partial charge in [-0.3, -0.25) is 4.79 Å². The lowest BCUT2D eigenvalue weighted by molar-refractivity contribution is -0.131. The number of aliphatic hydroxyl groups is 1. The van der Waals surface area contributed by atoms with Gasteiger partial charge in [-0.25, -0.2) is 4.39 Å². The first-order chi connectivity index (χ1) is 8.85. The molecule has 1 fully saturated rings. The maximum Gasteiger partial charge on any atom is 0.228 e. The van der Waals surface area contributed by atoms with Crippen LogP contribution in [0.3, 0.4) is 0 Å². The largest absolute Gasteiger partial charge is 0.395 e. The van der Waals surface area contributed by atoms with E-state index in [1.54, 1.807) is 19.9 Å². The molecular weight excluding hydrogens is 269 g/mol. The number of carbonyl (C=O) groups is 1. The first-order valence-corrected chi connectivity index (χ1v) is 6.60. The first-order valence-electron chi connectivity index (χ1n) is 6.22. The van der Waals surface area contributed by atoms with Crippen LogP contribution in [-0.4, -0.2) is 23.7 Å². The summed E-state index contributed by atoms with van der Waals surface area (Å²) < 4.78 is 13.3. The number of rotatable bonds is 4. The molecule has 1 aliphatic rings. The van der Waals surface area contributed by atoms with Gasteiger partial charge in [-0.2, -0.15) is 0 Å². The third-order valence-corrected chi connectivity index (χ3v) is 3.80. The van der Waals surface area contributed by atoms with E-state index in [0.717, 1.165) is 12.0 Å². The Balaban J connectivity index is 1.98. The fraction of sp³-hybridized carbons (Fsp3) is 0.500. The number of benzene rings is 1. The van der Waals surface area contributed by atoms with Crippen LogP contribution >= 0.6 is 11.6 Å². The third-order valence-electron chi connectivity index (χ3n) is 3.49. The van der Waals surface area contributed by atoms with Crippen LogP contribution < -0.4 is 5.32 Å². The van der Waals surface area contributed by atoms with Crippen molar-refractivity contribution in [3.63, 3.8) is 0 Å². The van der Waals surface area contributed by atoms with Crippen molar-refractivity contribution in [2.45, 2.75) is 32.2 Å². The molecule has 0 aliphatic heterocycles. The monoisotopic (exact) mass is 285 g/mol. The molecular formula is C14H17ClFNO2. The Hall–Kier alpha value is -1.13. The number of hydrogen-bond donors (Lipinski definition) is 2. The van der Waals surface area contributed by atoms with Crippen molar-refractivity contribution in [1.82, 2.24) is 5.32 Å². The van der Waals surface area contributed by atoms with Gasteiger partial charge in [0.1, 0.15) is 5.82 Å². The molecule has 1 aliphatic carbocycles. The SMILES string of the molecule is CC(C)(CO)C(=O)N[C@@H]1C[C@H]1c1ccc(Cl)c(F)c1. The standard InChI is InChI=1S/C14H17ClFNO2/c1-14(2,7-18)13(19)17-12-6-9(12)8-3-4-10(15)11(16)5-8/h3-5,9,12,18H,6-7H2,1-2H3,(H,17,19)/t9-,12+/m0/s1. The highest BCUT2D eigenvalue weighted by Gasteiger charge is 2.42. The fourth-order valence-electron chi connectivity index (χ4n) is 1.90. The van der Waals surface area contributed by atoms with Crippen molar-refractivity contribution in [3.05, 3.63) is 34.6 Å². The number of aliphatic hydroxyl groups excluding tert-OH is 1. The smallest absolute Gasteiger partial charge is 0.228 e. The molecule has 0 saturated heterocycles. The molecule has 19 heavy (non-hydrogen) atoms. The van der Waals surface area contributed by atoms with E-state index < -0.39 is 11.2 Å². The summed E-state index contributed by atoms with van der Waals surface area (Å²) in [5.74, 6) is -0.492. The number of carbonyl (C=O) groups excluding carboxylic acids is 1. The van der Waals surface area contributed by atoms with Crippen LogP contribution in [0.15, 0.2) is 18.2 Å². The fourth-order valence-corrected chi connectivity index (χ4v) is 2.02. The van der Waals surface area contributed by atoms with Crippen molar-refractivity contribution in [1.29, 1.82) is 0 Å². The van der Waals surface area contributed by atoms with Crippen LogP contribution in [0.25, 0.3) is 0 Å². The predicted octanol–water partition coefficient (Wildman–Crippen LogP) is 2.47. The minimum absolute atomic E-state index is 0.0129. The van der Waals surface area contributed by atoms with Gasteiger partial charge in [0, 0.05) is 12.0 Å². The number of halogens is 2. The van der Waals surface area contributed by atoms with Crippen LogP contribution in [0.4, 0.5) is 4.39 Å². The molecule has 0 heterocycles. The molecule has 2 N–H and O–H groups in total. The Morgan fingerprint density at radius 3 is 2.84 bits per heavy atom. The van der Waals surface area contributed by atoms with Gasteiger partial charge in [0.25, 0.3) is 0 Å². The molecule has 0 aromatic heterocycles. The Morgan fingerprint density at radius 2 is 2.26 bits per heavy atom. The van der Waals surface area contributed by atoms with Crippen LogP contribution in [0, 0.1) is 11.2 Å². The van der Waals surface area contributed by atoms with Gasteiger partial charge in [0.2, 0.25) is 5.91 Å². The predicted molar refractivity (Wildman–Crippen MR) is 71.6 cm³/mol. The van der Waals surface area contributed by atoms with Gasteiger partial charge in [-0.15, -0.1) is 0 Å². The second-order valence-corrected chi connectivity index (χ2v) is 6.04. The summed E-state index contributed by atoms with van der Waals surface area (Å²) in [4.78, 5) is 11.9. The molecule has 2 rings (SSSR count). The molecule has 104 valence electrons. The Labute approximate surface area is 116 Å². The second-order valence-electron chi connectivity index (χ2n) is 5.64. The quantitative estimate of drug-likeness (QED) is 0.893. The highest BCUT2D eigenvalue weighted by atomic mass is 35.5. The van der Waals surface area contributed by atoms with Crippen molar-refractivity contribution in [3.8, 4) is 0 Å². The summed E-state index contributed by atoms with van der Waals surface area (Å²) in [5.41, 5.74) is 0.0484. The van der Waals surface area contributed by atoms with E-state index in [1.807, 2.05) is 0 Å². The number of hydrogen-bond acceptors (Lipinski definition) is 2. The van der Waals surface area contributed by atoms with Crippen molar-refractivity contribution in [2.75, 3.05) is 6.61 Å². The van der Waals surface area contributed by atoms with Gasteiger partial charge in [-0.05, 0) is 38.0 Å². The third kappa shape index (κ3) is 3.07. The van der Waals surface area contributed by atoms with Gasteiger partial charge >= 0.3 is 0 Å². The number of nitrogens with one attached hydrogen (secondary N) is 1. The zero-order valence-corrected chi connectivity index (χ0v) is 11.7. The lowest BCUT2D eigenvalue weighted by Crippen LogP contribution is -2.40.